The Morgan fingerprint density at radius 2 is 2.07 bits per heavy atom. The van der Waals surface area contributed by atoms with Gasteiger partial charge in [0.05, 0.1) is 10.7 Å². The summed E-state index contributed by atoms with van der Waals surface area (Å²) >= 11 is 5.83. The first-order valence-electron chi connectivity index (χ1n) is 7.99. The third-order valence-corrected chi connectivity index (χ3v) is 4.07. The van der Waals surface area contributed by atoms with Gasteiger partial charge in [-0.3, -0.25) is 9.36 Å². The summed E-state index contributed by atoms with van der Waals surface area (Å²) in [5.74, 6) is -1.73. The van der Waals surface area contributed by atoms with E-state index in [2.05, 4.69) is 5.32 Å². The number of hydrogen-bond acceptors (Lipinski definition) is 5. The van der Waals surface area contributed by atoms with Gasteiger partial charge in [0, 0.05) is 12.4 Å². The van der Waals surface area contributed by atoms with Crippen LogP contribution in [0.25, 0.3) is 5.88 Å². The summed E-state index contributed by atoms with van der Waals surface area (Å²) in [5, 5.41) is 11.8. The van der Waals surface area contributed by atoms with E-state index >= 15 is 0 Å². The normalized spacial score (nSPS) is 10.4. The molecule has 2 aromatic heterocycles. The van der Waals surface area contributed by atoms with Crippen LogP contribution in [-0.4, -0.2) is 23.1 Å². The minimum atomic E-state index is -0.878. The molecule has 142 valence electrons. The van der Waals surface area contributed by atoms with Gasteiger partial charge in [-0.1, -0.05) is 11.6 Å². The highest BCUT2D eigenvalue weighted by atomic mass is 35.5. The van der Waals surface area contributed by atoms with E-state index in [9.17, 15) is 19.2 Å². The number of hydrogen-bond donors (Lipinski definition) is 1. The average molecular weight is 402 g/mol. The monoisotopic (exact) mass is 401 g/mol. The highest BCUT2D eigenvalue weighted by molar-refractivity contribution is 6.33. The van der Waals surface area contributed by atoms with E-state index in [0.29, 0.717) is 0 Å². The number of anilines is 1. The number of nitrogens with one attached hydrogen (secondary N) is 1. The van der Waals surface area contributed by atoms with E-state index in [1.54, 1.807) is 29.1 Å². The van der Waals surface area contributed by atoms with Gasteiger partial charge in [0.15, 0.2) is 6.61 Å². The van der Waals surface area contributed by atoms with Gasteiger partial charge >= 0.3 is 5.97 Å². The zero-order valence-electron chi connectivity index (χ0n) is 14.5. The maximum atomic E-state index is 13.0. The van der Waals surface area contributed by atoms with Gasteiger partial charge < -0.3 is 14.5 Å². The molecule has 0 spiro atoms. The fourth-order valence-corrected chi connectivity index (χ4v) is 2.73. The average Bonchev–Trinajstić information content (AvgIpc) is 3.29. The SMILES string of the molecule is Cc1oc(-n2cccc2)c(C#N)c1C(=O)OCC(=O)Nc1ccc(F)cc1Cl. The maximum Gasteiger partial charge on any atom is 0.343 e. The largest absolute Gasteiger partial charge is 0.452 e. The number of carbonyl (C=O) groups is 2. The van der Waals surface area contributed by atoms with Crippen molar-refractivity contribution in [3.05, 3.63) is 70.5 Å². The summed E-state index contributed by atoms with van der Waals surface area (Å²) in [5.41, 5.74) is 0.121. The molecule has 1 aromatic carbocycles. The summed E-state index contributed by atoms with van der Waals surface area (Å²) in [4.78, 5) is 24.4. The number of esters is 1. The summed E-state index contributed by atoms with van der Waals surface area (Å²) in [7, 11) is 0. The Kier molecular flexibility index (Phi) is 5.47. The van der Waals surface area contributed by atoms with Crippen LogP contribution in [0.5, 0.6) is 0 Å². The Labute approximate surface area is 163 Å². The molecule has 0 saturated carbocycles. The van der Waals surface area contributed by atoms with Gasteiger partial charge in [-0.25, -0.2) is 9.18 Å². The van der Waals surface area contributed by atoms with Crippen LogP contribution < -0.4 is 5.32 Å². The Hall–Kier alpha value is -3.57. The lowest BCUT2D eigenvalue weighted by atomic mass is 10.1. The van der Waals surface area contributed by atoms with Gasteiger partial charge in [0.25, 0.3) is 5.91 Å². The molecule has 0 atom stereocenters. The van der Waals surface area contributed by atoms with Crippen LogP contribution in [0.15, 0.2) is 47.1 Å². The number of furan rings is 1. The second kappa shape index (κ2) is 7.98. The van der Waals surface area contributed by atoms with Crippen LogP contribution >= 0.6 is 11.6 Å². The van der Waals surface area contributed by atoms with Crippen molar-refractivity contribution in [1.29, 1.82) is 5.26 Å². The first-order valence-corrected chi connectivity index (χ1v) is 8.37. The zero-order chi connectivity index (χ0) is 20.3. The molecular formula is C19H13ClFN3O4. The fourth-order valence-electron chi connectivity index (χ4n) is 2.51. The molecule has 1 N–H and O–H groups in total. The molecule has 0 aliphatic rings. The molecule has 0 aliphatic carbocycles. The standard InChI is InChI=1S/C19H13ClFN3O4/c1-11-17(13(9-22)18(28-11)24-6-2-3-7-24)19(26)27-10-16(25)23-15-5-4-12(21)8-14(15)20/h2-8H,10H2,1H3,(H,23,25). The Morgan fingerprint density at radius 1 is 1.36 bits per heavy atom. The number of rotatable bonds is 5. The number of carbonyl (C=O) groups excluding carboxylic acids is 2. The number of nitriles is 1. The smallest absolute Gasteiger partial charge is 0.343 e. The molecule has 9 heteroatoms. The Morgan fingerprint density at radius 3 is 2.71 bits per heavy atom. The molecule has 2 heterocycles. The number of nitrogens with zero attached hydrogens (tertiary/aromatic N) is 2. The first kappa shape index (κ1) is 19.2. The Balaban J connectivity index is 1.71. The number of ether oxygens (including phenoxy) is 1. The molecule has 0 fully saturated rings. The van der Waals surface area contributed by atoms with E-state index in [0.717, 1.165) is 12.1 Å². The molecule has 1 amide bonds. The van der Waals surface area contributed by atoms with Gasteiger partial charge in [0.1, 0.15) is 28.8 Å². The molecule has 3 aromatic rings. The lowest BCUT2D eigenvalue weighted by molar-refractivity contribution is -0.119. The summed E-state index contributed by atoms with van der Waals surface area (Å²) in [6.07, 6.45) is 3.32. The zero-order valence-corrected chi connectivity index (χ0v) is 15.3. The summed E-state index contributed by atoms with van der Waals surface area (Å²) in [6, 6.07) is 8.86. The molecule has 28 heavy (non-hydrogen) atoms. The predicted octanol–water partition coefficient (Wildman–Crippen LogP) is 3.84. The van der Waals surface area contributed by atoms with Crippen LogP contribution in [0.1, 0.15) is 21.7 Å². The summed E-state index contributed by atoms with van der Waals surface area (Å²) < 4.78 is 25.1. The third-order valence-electron chi connectivity index (χ3n) is 3.76. The van der Waals surface area contributed by atoms with Crippen LogP contribution in [0.2, 0.25) is 5.02 Å². The molecule has 7 nitrogen and oxygen atoms in total. The van der Waals surface area contributed by atoms with Crippen molar-refractivity contribution in [3.63, 3.8) is 0 Å². The van der Waals surface area contributed by atoms with E-state index < -0.39 is 24.3 Å². The number of benzene rings is 1. The van der Waals surface area contributed by atoms with Crippen molar-refractivity contribution in [2.75, 3.05) is 11.9 Å². The second-order valence-corrected chi connectivity index (χ2v) is 6.07. The predicted molar refractivity (Wildman–Crippen MR) is 97.8 cm³/mol. The number of amides is 1. The van der Waals surface area contributed by atoms with E-state index in [4.69, 9.17) is 20.8 Å². The lowest BCUT2D eigenvalue weighted by Gasteiger charge is -2.08. The topological polar surface area (TPSA) is 97.3 Å². The van der Waals surface area contributed by atoms with Crippen molar-refractivity contribution in [1.82, 2.24) is 4.57 Å². The van der Waals surface area contributed by atoms with Crippen molar-refractivity contribution in [3.8, 4) is 12.0 Å². The van der Waals surface area contributed by atoms with Crippen molar-refractivity contribution in [2.24, 2.45) is 0 Å². The Bertz CT molecular complexity index is 1080. The minimum absolute atomic E-state index is 0.000636. The quantitative estimate of drug-likeness (QED) is 0.655. The number of aromatic nitrogens is 1. The van der Waals surface area contributed by atoms with Crippen LogP contribution in [-0.2, 0) is 9.53 Å². The molecule has 3 rings (SSSR count). The van der Waals surface area contributed by atoms with Crippen LogP contribution in [0.3, 0.4) is 0 Å². The molecule has 0 unspecified atom stereocenters. The minimum Gasteiger partial charge on any atom is -0.452 e. The van der Waals surface area contributed by atoms with E-state index in [1.807, 2.05) is 6.07 Å². The van der Waals surface area contributed by atoms with E-state index in [-0.39, 0.29) is 33.5 Å². The van der Waals surface area contributed by atoms with Gasteiger partial charge in [-0.15, -0.1) is 0 Å². The van der Waals surface area contributed by atoms with Crippen LogP contribution in [0.4, 0.5) is 10.1 Å². The van der Waals surface area contributed by atoms with Crippen molar-refractivity contribution < 1.29 is 23.1 Å². The highest BCUT2D eigenvalue weighted by Crippen LogP contribution is 2.26. The highest BCUT2D eigenvalue weighted by Gasteiger charge is 2.26. The van der Waals surface area contributed by atoms with Crippen molar-refractivity contribution >= 4 is 29.2 Å². The third kappa shape index (κ3) is 3.89. The molecule has 0 aliphatic heterocycles. The second-order valence-electron chi connectivity index (χ2n) is 5.66. The molecule has 0 bridgehead atoms. The van der Waals surface area contributed by atoms with Crippen LogP contribution in [0, 0.1) is 24.1 Å². The molecular weight excluding hydrogens is 389 g/mol. The number of aryl methyl sites for hydroxylation is 1. The first-order chi connectivity index (χ1) is 13.4. The van der Waals surface area contributed by atoms with Gasteiger partial charge in [-0.05, 0) is 37.3 Å². The summed E-state index contributed by atoms with van der Waals surface area (Å²) in [6.45, 7) is 0.893. The molecule has 0 radical (unpaired) electrons. The van der Waals surface area contributed by atoms with Gasteiger partial charge in [-0.2, -0.15) is 5.26 Å². The van der Waals surface area contributed by atoms with Crippen molar-refractivity contribution in [2.45, 2.75) is 6.92 Å². The maximum absolute atomic E-state index is 13.0. The van der Waals surface area contributed by atoms with Gasteiger partial charge in [0.2, 0.25) is 5.88 Å². The molecule has 0 saturated heterocycles. The van der Waals surface area contributed by atoms with E-state index in [1.165, 1.54) is 13.0 Å². The lowest BCUT2D eigenvalue weighted by Crippen LogP contribution is -2.21. The fraction of sp³-hybridized carbons (Fsp3) is 0.105. The number of halogens is 2.